The number of hydrogen-bond acceptors (Lipinski definition) is 6. The van der Waals surface area contributed by atoms with Crippen LogP contribution in [0, 0.1) is 6.92 Å². The van der Waals surface area contributed by atoms with Gasteiger partial charge in [-0.3, -0.25) is 9.36 Å². The van der Waals surface area contributed by atoms with Crippen LogP contribution in [0.3, 0.4) is 0 Å². The zero-order chi connectivity index (χ0) is 14.0. The summed E-state index contributed by atoms with van der Waals surface area (Å²) in [6.45, 7) is 5.77. The highest BCUT2D eigenvalue weighted by atomic mass is 32.2. The summed E-state index contributed by atoms with van der Waals surface area (Å²) in [4.78, 5) is 10.6. The Morgan fingerprint density at radius 2 is 2.26 bits per heavy atom. The van der Waals surface area contributed by atoms with Crippen LogP contribution in [0.25, 0.3) is 11.6 Å². The highest BCUT2D eigenvalue weighted by Crippen LogP contribution is 2.27. The molecule has 0 unspecified atom stereocenters. The van der Waals surface area contributed by atoms with Crippen molar-refractivity contribution in [1.82, 2.24) is 19.9 Å². The molecule has 0 atom stereocenters. The molecule has 1 N–H and O–H groups in total. The van der Waals surface area contributed by atoms with Gasteiger partial charge in [-0.25, -0.2) is 0 Å². The molecule has 102 valence electrons. The maximum absolute atomic E-state index is 10.6. The average molecular weight is 282 g/mol. The molecule has 0 aliphatic carbocycles. The molecule has 0 aliphatic heterocycles. The van der Waals surface area contributed by atoms with Gasteiger partial charge in [-0.15, -0.1) is 10.2 Å². The third-order valence-electron chi connectivity index (χ3n) is 2.35. The topological polar surface area (TPSA) is 94.0 Å². The van der Waals surface area contributed by atoms with E-state index < -0.39 is 5.97 Å². The summed E-state index contributed by atoms with van der Waals surface area (Å²) >= 11 is 1.13. The van der Waals surface area contributed by atoms with Gasteiger partial charge in [-0.2, -0.15) is 0 Å². The number of rotatable bonds is 5. The van der Waals surface area contributed by atoms with Crippen molar-refractivity contribution in [2.45, 2.75) is 32.0 Å². The lowest BCUT2D eigenvalue weighted by atomic mass is 10.3. The highest BCUT2D eigenvalue weighted by molar-refractivity contribution is 7.99. The van der Waals surface area contributed by atoms with Crippen molar-refractivity contribution in [1.29, 1.82) is 0 Å². The fraction of sp³-hybridized carbons (Fsp3) is 0.455. The number of carboxylic acid groups (broad SMARTS) is 1. The third kappa shape index (κ3) is 2.95. The molecule has 0 spiro atoms. The first kappa shape index (κ1) is 13.6. The van der Waals surface area contributed by atoms with Crippen LogP contribution in [-0.2, 0) is 4.79 Å². The molecule has 8 heteroatoms. The molecule has 19 heavy (non-hydrogen) atoms. The summed E-state index contributed by atoms with van der Waals surface area (Å²) in [6, 6.07) is 1.86. The van der Waals surface area contributed by atoms with Gasteiger partial charge >= 0.3 is 5.97 Å². The zero-order valence-electron chi connectivity index (χ0n) is 10.8. The summed E-state index contributed by atoms with van der Waals surface area (Å²) in [5.74, 6) is 0.144. The van der Waals surface area contributed by atoms with Gasteiger partial charge in [0.1, 0.15) is 0 Å². The summed E-state index contributed by atoms with van der Waals surface area (Å²) < 4.78 is 7.02. The third-order valence-corrected chi connectivity index (χ3v) is 3.28. The van der Waals surface area contributed by atoms with Gasteiger partial charge in [-0.05, 0) is 20.8 Å². The Bertz CT molecular complexity index is 591. The number of aryl methyl sites for hydroxylation is 1. The minimum atomic E-state index is -0.889. The monoisotopic (exact) mass is 282 g/mol. The second kappa shape index (κ2) is 5.43. The van der Waals surface area contributed by atoms with Crippen molar-refractivity contribution in [2.75, 3.05) is 5.75 Å². The van der Waals surface area contributed by atoms with Gasteiger partial charge < -0.3 is 9.63 Å². The molecular weight excluding hydrogens is 268 g/mol. The molecule has 7 nitrogen and oxygen atoms in total. The van der Waals surface area contributed by atoms with Gasteiger partial charge in [0.15, 0.2) is 5.16 Å². The van der Waals surface area contributed by atoms with Gasteiger partial charge in [0.05, 0.1) is 11.4 Å². The van der Waals surface area contributed by atoms with Gasteiger partial charge in [0.2, 0.25) is 11.6 Å². The standard InChI is InChI=1S/C11H14N4O3S/c1-6(2)15-10(8-4-7(3)14-18-8)12-13-11(15)19-5-9(16)17/h4,6H,5H2,1-3H3,(H,16,17). The van der Waals surface area contributed by atoms with Crippen LogP contribution in [-0.4, -0.2) is 36.7 Å². The van der Waals surface area contributed by atoms with E-state index in [1.54, 1.807) is 6.07 Å². The lowest BCUT2D eigenvalue weighted by Gasteiger charge is -2.11. The lowest BCUT2D eigenvalue weighted by Crippen LogP contribution is -2.06. The van der Waals surface area contributed by atoms with Crippen molar-refractivity contribution in [3.63, 3.8) is 0 Å². The first-order valence-electron chi connectivity index (χ1n) is 5.72. The van der Waals surface area contributed by atoms with Gasteiger partial charge in [0.25, 0.3) is 0 Å². The Labute approximate surface area is 114 Å². The number of nitrogens with zero attached hydrogens (tertiary/aromatic N) is 4. The Morgan fingerprint density at radius 3 is 2.79 bits per heavy atom. The summed E-state index contributed by atoms with van der Waals surface area (Å²) in [5.41, 5.74) is 0.757. The maximum Gasteiger partial charge on any atom is 0.313 e. The van der Waals surface area contributed by atoms with E-state index in [1.165, 1.54) is 0 Å². The molecule has 2 aromatic rings. The molecular formula is C11H14N4O3S. The predicted octanol–water partition coefficient (Wildman–Crippen LogP) is 2.00. The van der Waals surface area contributed by atoms with Crippen molar-refractivity contribution in [3.8, 4) is 11.6 Å². The van der Waals surface area contributed by atoms with Gasteiger partial charge in [0, 0.05) is 12.1 Å². The largest absolute Gasteiger partial charge is 0.481 e. The lowest BCUT2D eigenvalue weighted by molar-refractivity contribution is -0.133. The van der Waals surface area contributed by atoms with Crippen molar-refractivity contribution < 1.29 is 14.4 Å². The second-order valence-electron chi connectivity index (χ2n) is 4.28. The van der Waals surface area contributed by atoms with Crippen LogP contribution in [0.1, 0.15) is 25.6 Å². The van der Waals surface area contributed by atoms with Crippen molar-refractivity contribution >= 4 is 17.7 Å². The molecule has 0 amide bonds. The maximum atomic E-state index is 10.6. The molecule has 2 rings (SSSR count). The van der Waals surface area contributed by atoms with E-state index in [2.05, 4.69) is 15.4 Å². The van der Waals surface area contributed by atoms with Crippen molar-refractivity contribution in [2.24, 2.45) is 0 Å². The predicted molar refractivity (Wildman–Crippen MR) is 69.0 cm³/mol. The number of aliphatic carboxylic acids is 1. The molecule has 0 fully saturated rings. The minimum Gasteiger partial charge on any atom is -0.481 e. The van der Waals surface area contributed by atoms with E-state index in [1.807, 2.05) is 25.3 Å². The Hall–Kier alpha value is -1.83. The molecule has 2 aromatic heterocycles. The Balaban J connectivity index is 2.37. The molecule has 0 saturated carbocycles. The number of hydrogen-bond donors (Lipinski definition) is 1. The smallest absolute Gasteiger partial charge is 0.313 e. The molecule has 0 aromatic carbocycles. The summed E-state index contributed by atoms with van der Waals surface area (Å²) in [5, 5.41) is 21.2. The number of aromatic nitrogens is 4. The first-order chi connectivity index (χ1) is 8.99. The molecule has 0 aliphatic rings. The van der Waals surface area contributed by atoms with E-state index in [0.29, 0.717) is 16.7 Å². The fourth-order valence-electron chi connectivity index (χ4n) is 1.60. The SMILES string of the molecule is Cc1cc(-c2nnc(SCC(=O)O)n2C(C)C)on1. The second-order valence-corrected chi connectivity index (χ2v) is 5.23. The van der Waals surface area contributed by atoms with Crippen LogP contribution < -0.4 is 0 Å². The van der Waals surface area contributed by atoms with Crippen molar-refractivity contribution in [3.05, 3.63) is 11.8 Å². The first-order valence-corrected chi connectivity index (χ1v) is 6.70. The van der Waals surface area contributed by atoms with Gasteiger partial charge in [-0.1, -0.05) is 16.9 Å². The Kier molecular flexibility index (Phi) is 3.89. The van der Waals surface area contributed by atoms with E-state index in [-0.39, 0.29) is 11.8 Å². The average Bonchev–Trinajstić information content (AvgIpc) is 2.91. The fourth-order valence-corrected chi connectivity index (χ4v) is 2.39. The van der Waals surface area contributed by atoms with Crippen LogP contribution in [0.4, 0.5) is 0 Å². The van der Waals surface area contributed by atoms with E-state index in [4.69, 9.17) is 9.63 Å². The zero-order valence-corrected chi connectivity index (χ0v) is 11.6. The summed E-state index contributed by atoms with van der Waals surface area (Å²) in [6.07, 6.45) is 0. The van der Waals surface area contributed by atoms with Crippen LogP contribution >= 0.6 is 11.8 Å². The molecule has 0 saturated heterocycles. The Morgan fingerprint density at radius 1 is 1.53 bits per heavy atom. The summed E-state index contributed by atoms with van der Waals surface area (Å²) in [7, 11) is 0. The highest BCUT2D eigenvalue weighted by Gasteiger charge is 2.20. The minimum absolute atomic E-state index is 0.0553. The van der Waals surface area contributed by atoms with Crippen LogP contribution in [0.15, 0.2) is 15.7 Å². The molecule has 0 radical (unpaired) electrons. The van der Waals surface area contributed by atoms with E-state index in [0.717, 1.165) is 17.5 Å². The van der Waals surface area contributed by atoms with E-state index >= 15 is 0 Å². The molecule has 2 heterocycles. The van der Waals surface area contributed by atoms with Crippen LogP contribution in [0.5, 0.6) is 0 Å². The molecule has 0 bridgehead atoms. The van der Waals surface area contributed by atoms with Crippen LogP contribution in [0.2, 0.25) is 0 Å². The number of thioether (sulfide) groups is 1. The van der Waals surface area contributed by atoms with E-state index in [9.17, 15) is 4.79 Å². The number of carboxylic acids is 1. The normalized spacial score (nSPS) is 11.2. The quantitative estimate of drug-likeness (QED) is 0.838. The number of carbonyl (C=O) groups is 1.